The molecule has 1 fully saturated rings. The van der Waals surface area contributed by atoms with Gasteiger partial charge in [-0.3, -0.25) is 9.59 Å². The van der Waals surface area contributed by atoms with Crippen LogP contribution < -0.4 is 10.1 Å². The van der Waals surface area contributed by atoms with E-state index in [1.807, 2.05) is 78.9 Å². The fraction of sp³-hybridized carbons (Fsp3) is 0.355. The topological polar surface area (TPSA) is 58.6 Å². The Balaban J connectivity index is 1.64. The highest BCUT2D eigenvalue weighted by atomic mass is 35.5. The molecule has 1 saturated carbocycles. The zero-order valence-corrected chi connectivity index (χ0v) is 22.1. The van der Waals surface area contributed by atoms with Crippen LogP contribution in [-0.4, -0.2) is 35.9 Å². The normalized spacial score (nSPS) is 14.5. The van der Waals surface area contributed by atoms with E-state index < -0.39 is 6.04 Å². The van der Waals surface area contributed by atoms with Gasteiger partial charge in [-0.15, -0.1) is 0 Å². The minimum atomic E-state index is -0.644. The first-order valence-electron chi connectivity index (χ1n) is 13.0. The molecule has 6 heteroatoms. The second-order valence-electron chi connectivity index (χ2n) is 9.73. The largest absolute Gasteiger partial charge is 0.497 e. The molecule has 3 aromatic carbocycles. The van der Waals surface area contributed by atoms with Gasteiger partial charge in [0.1, 0.15) is 11.8 Å². The molecule has 0 aliphatic heterocycles. The van der Waals surface area contributed by atoms with Crippen molar-refractivity contribution in [2.24, 2.45) is 0 Å². The number of hydrogen-bond donors (Lipinski definition) is 1. The van der Waals surface area contributed by atoms with Crippen LogP contribution in [0.2, 0.25) is 5.02 Å². The number of rotatable bonds is 10. The van der Waals surface area contributed by atoms with E-state index in [0.717, 1.165) is 48.1 Å². The summed E-state index contributed by atoms with van der Waals surface area (Å²) in [4.78, 5) is 29.4. The number of carbonyl (C=O) groups excluding carboxylic acids is 2. The second kappa shape index (κ2) is 13.3. The molecular formula is C31H35ClN2O3. The predicted molar refractivity (Wildman–Crippen MR) is 148 cm³/mol. The summed E-state index contributed by atoms with van der Waals surface area (Å²) in [6.07, 6.45) is 6.05. The highest BCUT2D eigenvalue weighted by molar-refractivity contribution is 6.30. The van der Waals surface area contributed by atoms with Crippen molar-refractivity contribution < 1.29 is 14.3 Å². The van der Waals surface area contributed by atoms with Crippen LogP contribution in [0.3, 0.4) is 0 Å². The molecule has 1 aliphatic rings. The van der Waals surface area contributed by atoms with Crippen LogP contribution in [0, 0.1) is 0 Å². The van der Waals surface area contributed by atoms with Crippen LogP contribution in [0.1, 0.15) is 48.8 Å². The number of ether oxygens (including phenoxy) is 1. The quantitative estimate of drug-likeness (QED) is 0.359. The number of nitrogens with zero attached hydrogens (tertiary/aromatic N) is 1. The molecule has 2 amide bonds. The van der Waals surface area contributed by atoms with Crippen molar-refractivity contribution in [3.63, 3.8) is 0 Å². The summed E-state index contributed by atoms with van der Waals surface area (Å²) in [6, 6.07) is 24.4. The highest BCUT2D eigenvalue weighted by Gasteiger charge is 2.32. The maximum Gasteiger partial charge on any atom is 0.243 e. The lowest BCUT2D eigenvalue weighted by atomic mass is 9.94. The molecule has 194 valence electrons. The Kier molecular flexibility index (Phi) is 9.61. The Bertz CT molecular complexity index is 1160. The van der Waals surface area contributed by atoms with Crippen LogP contribution in [-0.2, 0) is 29.0 Å². The van der Waals surface area contributed by atoms with E-state index in [0.29, 0.717) is 18.0 Å². The fourth-order valence-corrected chi connectivity index (χ4v) is 5.16. The van der Waals surface area contributed by atoms with Gasteiger partial charge in [0.05, 0.1) is 13.5 Å². The number of amides is 2. The number of halogens is 1. The van der Waals surface area contributed by atoms with Gasteiger partial charge >= 0.3 is 0 Å². The number of hydrogen-bond acceptors (Lipinski definition) is 3. The van der Waals surface area contributed by atoms with Gasteiger partial charge in [0.15, 0.2) is 0 Å². The van der Waals surface area contributed by atoms with Gasteiger partial charge in [-0.2, -0.15) is 0 Å². The van der Waals surface area contributed by atoms with Crippen LogP contribution in [0.15, 0.2) is 78.9 Å². The van der Waals surface area contributed by atoms with E-state index in [1.54, 1.807) is 12.0 Å². The summed E-state index contributed by atoms with van der Waals surface area (Å²) in [5.74, 6) is 0.534. The number of methoxy groups -OCH3 is 1. The van der Waals surface area contributed by atoms with Crippen LogP contribution in [0.25, 0.3) is 0 Å². The predicted octanol–water partition coefficient (Wildman–Crippen LogP) is 5.98. The van der Waals surface area contributed by atoms with E-state index in [-0.39, 0.29) is 24.3 Å². The summed E-state index contributed by atoms with van der Waals surface area (Å²) < 4.78 is 5.26. The van der Waals surface area contributed by atoms with Gasteiger partial charge in [-0.25, -0.2) is 0 Å². The minimum Gasteiger partial charge on any atom is -0.497 e. The number of nitrogens with one attached hydrogen (secondary N) is 1. The van der Waals surface area contributed by atoms with Crippen molar-refractivity contribution in [2.75, 3.05) is 7.11 Å². The molecule has 37 heavy (non-hydrogen) atoms. The van der Waals surface area contributed by atoms with Crippen molar-refractivity contribution in [2.45, 2.75) is 63.6 Å². The molecule has 0 heterocycles. The monoisotopic (exact) mass is 518 g/mol. The third kappa shape index (κ3) is 7.83. The fourth-order valence-electron chi connectivity index (χ4n) is 4.95. The maximum atomic E-state index is 13.9. The van der Waals surface area contributed by atoms with E-state index in [1.165, 1.54) is 6.42 Å². The molecule has 0 aromatic heterocycles. The summed E-state index contributed by atoms with van der Waals surface area (Å²) in [5.41, 5.74) is 2.77. The van der Waals surface area contributed by atoms with Gasteiger partial charge in [-0.05, 0) is 53.8 Å². The van der Waals surface area contributed by atoms with E-state index in [4.69, 9.17) is 16.3 Å². The molecule has 0 radical (unpaired) electrons. The third-order valence-electron chi connectivity index (χ3n) is 6.98. The number of carbonyl (C=O) groups is 2. The molecular weight excluding hydrogens is 484 g/mol. The van der Waals surface area contributed by atoms with Gasteiger partial charge < -0.3 is 15.0 Å². The third-order valence-corrected chi connectivity index (χ3v) is 7.21. The lowest BCUT2D eigenvalue weighted by Crippen LogP contribution is -2.53. The van der Waals surface area contributed by atoms with Gasteiger partial charge in [0.2, 0.25) is 11.8 Å². The number of benzene rings is 3. The first-order chi connectivity index (χ1) is 18.0. The van der Waals surface area contributed by atoms with Crippen LogP contribution >= 0.6 is 11.6 Å². The Hall–Kier alpha value is -3.31. The van der Waals surface area contributed by atoms with E-state index >= 15 is 0 Å². The first kappa shape index (κ1) is 26.7. The van der Waals surface area contributed by atoms with Crippen molar-refractivity contribution in [3.8, 4) is 5.75 Å². The Labute approximate surface area is 224 Å². The zero-order chi connectivity index (χ0) is 26.0. The molecule has 1 aliphatic carbocycles. The second-order valence-corrected chi connectivity index (χ2v) is 10.2. The molecule has 3 aromatic rings. The van der Waals surface area contributed by atoms with Crippen molar-refractivity contribution >= 4 is 23.4 Å². The van der Waals surface area contributed by atoms with Crippen molar-refractivity contribution in [1.82, 2.24) is 10.2 Å². The smallest absolute Gasteiger partial charge is 0.243 e. The maximum absolute atomic E-state index is 13.9. The van der Waals surface area contributed by atoms with E-state index in [9.17, 15) is 9.59 Å². The molecule has 0 saturated heterocycles. The Morgan fingerprint density at radius 3 is 2.30 bits per heavy atom. The summed E-state index contributed by atoms with van der Waals surface area (Å²) in [7, 11) is 1.62. The van der Waals surface area contributed by atoms with Gasteiger partial charge in [0, 0.05) is 24.0 Å². The highest BCUT2D eigenvalue weighted by Crippen LogP contribution is 2.22. The van der Waals surface area contributed by atoms with Gasteiger partial charge in [-0.1, -0.05) is 85.5 Å². The Morgan fingerprint density at radius 2 is 1.62 bits per heavy atom. The molecule has 1 N–H and O–H groups in total. The minimum absolute atomic E-state index is 0.0964. The standard InChI is InChI=1S/C31H35ClN2O3/c1-37-28-17-15-24(16-18-28)21-30(35)34(22-25-11-8-12-26(32)19-25)29(20-23-9-4-2-5-10-23)31(36)33-27-13-6-3-7-14-27/h2,4-5,8-12,15-19,27,29H,3,6-7,13-14,20-22H2,1H3,(H,33,36)/t29-/m0/s1. The SMILES string of the molecule is COc1ccc(CC(=O)N(Cc2cccc(Cl)c2)[C@@H](Cc2ccccc2)C(=O)NC2CCCCC2)cc1. The van der Waals surface area contributed by atoms with Gasteiger partial charge in [0.25, 0.3) is 0 Å². The summed E-state index contributed by atoms with van der Waals surface area (Å²) in [5, 5.41) is 3.88. The van der Waals surface area contributed by atoms with Crippen LogP contribution in [0.5, 0.6) is 5.75 Å². The zero-order valence-electron chi connectivity index (χ0n) is 21.4. The molecule has 0 spiro atoms. The Morgan fingerprint density at radius 1 is 0.919 bits per heavy atom. The first-order valence-corrected chi connectivity index (χ1v) is 13.4. The van der Waals surface area contributed by atoms with Crippen molar-refractivity contribution in [1.29, 1.82) is 0 Å². The molecule has 0 unspecified atom stereocenters. The molecule has 5 nitrogen and oxygen atoms in total. The van der Waals surface area contributed by atoms with Crippen molar-refractivity contribution in [3.05, 3.63) is 101 Å². The van der Waals surface area contributed by atoms with E-state index in [2.05, 4.69) is 5.32 Å². The average molecular weight is 519 g/mol. The molecule has 1 atom stereocenters. The summed E-state index contributed by atoms with van der Waals surface area (Å²) in [6.45, 7) is 0.297. The molecule has 4 rings (SSSR count). The average Bonchev–Trinajstić information content (AvgIpc) is 2.92. The molecule has 0 bridgehead atoms. The lowest BCUT2D eigenvalue weighted by Gasteiger charge is -2.33. The lowest BCUT2D eigenvalue weighted by molar-refractivity contribution is -0.141. The van der Waals surface area contributed by atoms with Crippen LogP contribution in [0.4, 0.5) is 0 Å². The summed E-state index contributed by atoms with van der Waals surface area (Å²) >= 11 is 6.27.